The van der Waals surface area contributed by atoms with Gasteiger partial charge in [-0.25, -0.2) is 0 Å². The molecule has 1 aliphatic carbocycles. The topological polar surface area (TPSA) is 12.4 Å². The highest BCUT2D eigenvalue weighted by molar-refractivity contribution is 5.72. The quantitative estimate of drug-likeness (QED) is 0.422. The van der Waals surface area contributed by atoms with Gasteiger partial charge in [-0.05, 0) is 62.7 Å². The van der Waals surface area contributed by atoms with Crippen LogP contribution >= 0.6 is 0 Å². The fourth-order valence-electron chi connectivity index (χ4n) is 2.88. The highest BCUT2D eigenvalue weighted by Gasteiger charge is 2.26. The van der Waals surface area contributed by atoms with Crippen molar-refractivity contribution in [3.8, 4) is 0 Å². The highest BCUT2D eigenvalue weighted by atomic mass is 14.6. The minimum Gasteiger partial charge on any atom is -0.297 e. The van der Waals surface area contributed by atoms with Crippen LogP contribution in [0, 0.1) is 5.41 Å². The zero-order chi connectivity index (χ0) is 16.6. The van der Waals surface area contributed by atoms with E-state index in [9.17, 15) is 0 Å². The predicted octanol–water partition coefficient (Wildman–Crippen LogP) is 6.22. The van der Waals surface area contributed by atoms with Crippen LogP contribution in [0.5, 0.6) is 0 Å². The van der Waals surface area contributed by atoms with E-state index in [4.69, 9.17) is 0 Å². The van der Waals surface area contributed by atoms with Gasteiger partial charge in [0.15, 0.2) is 0 Å². The lowest BCUT2D eigenvalue weighted by Gasteiger charge is -2.32. The molecule has 22 heavy (non-hydrogen) atoms. The lowest BCUT2D eigenvalue weighted by Crippen LogP contribution is -2.19. The van der Waals surface area contributed by atoms with Gasteiger partial charge in [0, 0.05) is 13.3 Å². The minimum atomic E-state index is 0.313. The van der Waals surface area contributed by atoms with Gasteiger partial charge in [-0.1, -0.05) is 55.4 Å². The molecule has 1 nitrogen and oxygen atoms in total. The smallest absolute Gasteiger partial charge is 0.0277 e. The zero-order valence-electron chi connectivity index (χ0n) is 15.1. The van der Waals surface area contributed by atoms with Crippen LogP contribution in [-0.4, -0.2) is 13.3 Å². The zero-order valence-corrected chi connectivity index (χ0v) is 15.1. The first-order valence-corrected chi connectivity index (χ1v) is 8.19. The van der Waals surface area contributed by atoms with Crippen LogP contribution in [0.3, 0.4) is 0 Å². The van der Waals surface area contributed by atoms with Gasteiger partial charge in [0.05, 0.1) is 0 Å². The fraction of sp³-hybridized carbons (Fsp3) is 0.476. The van der Waals surface area contributed by atoms with Gasteiger partial charge in [0.1, 0.15) is 0 Å². The number of hydrogen-bond acceptors (Lipinski definition) is 1. The van der Waals surface area contributed by atoms with Gasteiger partial charge in [-0.15, -0.1) is 0 Å². The first kappa shape index (κ1) is 18.4. The van der Waals surface area contributed by atoms with Crippen molar-refractivity contribution in [3.63, 3.8) is 0 Å². The molecule has 0 heterocycles. The molecule has 0 amide bonds. The number of nitrogens with zero attached hydrogens (tertiary/aromatic N) is 1. The van der Waals surface area contributed by atoms with E-state index < -0.39 is 0 Å². The molecule has 0 saturated heterocycles. The summed E-state index contributed by atoms with van der Waals surface area (Å²) in [6.45, 7) is 11.2. The Morgan fingerprint density at radius 3 is 2.41 bits per heavy atom. The molecular formula is C21H31N. The van der Waals surface area contributed by atoms with E-state index in [0.717, 1.165) is 0 Å². The maximum Gasteiger partial charge on any atom is 0.0277 e. The monoisotopic (exact) mass is 297 g/mol. The summed E-state index contributed by atoms with van der Waals surface area (Å²) in [7, 11) is 1.78. The molecule has 0 atom stereocenters. The van der Waals surface area contributed by atoms with E-state index in [1.54, 1.807) is 12.6 Å². The first-order valence-electron chi connectivity index (χ1n) is 8.19. The molecule has 0 aromatic heterocycles. The van der Waals surface area contributed by atoms with Gasteiger partial charge >= 0.3 is 0 Å². The van der Waals surface area contributed by atoms with E-state index in [1.165, 1.54) is 36.0 Å². The Balaban J connectivity index is 2.77. The highest BCUT2D eigenvalue weighted by Crippen LogP contribution is 2.40. The van der Waals surface area contributed by atoms with E-state index in [-0.39, 0.29) is 0 Å². The van der Waals surface area contributed by atoms with Gasteiger partial charge in [-0.3, -0.25) is 4.99 Å². The van der Waals surface area contributed by atoms with E-state index in [0.29, 0.717) is 5.41 Å². The molecule has 120 valence electrons. The lowest BCUT2D eigenvalue weighted by molar-refractivity contribution is 0.377. The normalized spacial score (nSPS) is 20.8. The maximum atomic E-state index is 3.95. The maximum absolute atomic E-state index is 3.95. The summed E-state index contributed by atoms with van der Waals surface area (Å²) in [5.74, 6) is 0. The molecule has 1 aliphatic rings. The largest absolute Gasteiger partial charge is 0.297 e. The van der Waals surface area contributed by atoms with Crippen molar-refractivity contribution >= 4 is 6.21 Å². The van der Waals surface area contributed by atoms with Crippen LogP contribution in [0.2, 0.25) is 0 Å². The third-order valence-electron chi connectivity index (χ3n) is 4.26. The fourth-order valence-corrected chi connectivity index (χ4v) is 2.88. The molecule has 0 aromatic carbocycles. The van der Waals surface area contributed by atoms with Crippen molar-refractivity contribution in [1.29, 1.82) is 0 Å². The standard InChI is InChI=1S/C21H31N/c1-17(9-7-10-18(2)14-16-22-6)12-13-20-19(3)11-8-15-21(20,4)5/h7,9-10,12-14,16H,8,11,15H2,1-6H3/b10-7+,13-12+,17-9+,18-14+,22-16+. The molecule has 1 heteroatoms. The second-order valence-corrected chi connectivity index (χ2v) is 6.85. The Kier molecular flexibility index (Phi) is 7.31. The van der Waals surface area contributed by atoms with Crippen molar-refractivity contribution in [2.24, 2.45) is 10.4 Å². The summed E-state index contributed by atoms with van der Waals surface area (Å²) in [5.41, 5.74) is 5.85. The van der Waals surface area contributed by atoms with E-state index >= 15 is 0 Å². The number of allylic oxidation sites excluding steroid dienone is 10. The van der Waals surface area contributed by atoms with Crippen molar-refractivity contribution in [1.82, 2.24) is 0 Å². The van der Waals surface area contributed by atoms with Crippen molar-refractivity contribution in [2.75, 3.05) is 7.05 Å². The SMILES string of the molecule is C/N=C/C=C(C)/C=C/C=C(C)/C=C/C1=C(C)CCCC1(C)C. The molecule has 0 fully saturated rings. The predicted molar refractivity (Wildman–Crippen MR) is 101 cm³/mol. The Labute approximate surface area is 136 Å². The summed E-state index contributed by atoms with van der Waals surface area (Å²) in [4.78, 5) is 3.95. The van der Waals surface area contributed by atoms with Crippen molar-refractivity contribution < 1.29 is 0 Å². The van der Waals surface area contributed by atoms with Crippen LogP contribution in [0.1, 0.15) is 53.9 Å². The molecule has 0 bridgehead atoms. The van der Waals surface area contributed by atoms with E-state index in [1.807, 2.05) is 12.3 Å². The molecule has 0 N–H and O–H groups in total. The summed E-state index contributed by atoms with van der Waals surface area (Å²) in [6, 6.07) is 0. The summed E-state index contributed by atoms with van der Waals surface area (Å²) in [5, 5.41) is 0. The van der Waals surface area contributed by atoms with Gasteiger partial charge in [0.25, 0.3) is 0 Å². The van der Waals surface area contributed by atoms with Crippen LogP contribution in [-0.2, 0) is 0 Å². The summed E-state index contributed by atoms with van der Waals surface area (Å²) < 4.78 is 0. The average molecular weight is 297 g/mol. The average Bonchev–Trinajstić information content (AvgIpc) is 2.43. The molecule has 1 rings (SSSR count). The molecule has 0 spiro atoms. The van der Waals surface area contributed by atoms with Crippen LogP contribution in [0.15, 0.2) is 63.7 Å². The van der Waals surface area contributed by atoms with Crippen molar-refractivity contribution in [3.05, 3.63) is 58.7 Å². The van der Waals surface area contributed by atoms with Gasteiger partial charge < -0.3 is 0 Å². The Morgan fingerprint density at radius 2 is 1.77 bits per heavy atom. The Morgan fingerprint density at radius 1 is 1.09 bits per heavy atom. The third kappa shape index (κ3) is 6.01. The minimum absolute atomic E-state index is 0.313. The second-order valence-electron chi connectivity index (χ2n) is 6.85. The molecule has 0 radical (unpaired) electrons. The molecule has 0 unspecified atom stereocenters. The summed E-state index contributed by atoms with van der Waals surface area (Å²) in [6.07, 6.45) is 18.6. The summed E-state index contributed by atoms with van der Waals surface area (Å²) >= 11 is 0. The van der Waals surface area contributed by atoms with Crippen molar-refractivity contribution in [2.45, 2.75) is 53.9 Å². The van der Waals surface area contributed by atoms with Gasteiger partial charge in [0.2, 0.25) is 0 Å². The number of rotatable bonds is 5. The van der Waals surface area contributed by atoms with Crippen LogP contribution in [0.25, 0.3) is 0 Å². The third-order valence-corrected chi connectivity index (χ3v) is 4.26. The van der Waals surface area contributed by atoms with Gasteiger partial charge in [-0.2, -0.15) is 0 Å². The Bertz CT molecular complexity index is 548. The molecule has 0 aliphatic heterocycles. The molecule has 0 aromatic rings. The molecular weight excluding hydrogens is 266 g/mol. The second kappa shape index (κ2) is 8.73. The Hall–Kier alpha value is -1.63. The van der Waals surface area contributed by atoms with Crippen LogP contribution in [0.4, 0.5) is 0 Å². The van der Waals surface area contributed by atoms with E-state index in [2.05, 4.69) is 70.0 Å². The molecule has 0 saturated carbocycles. The number of hydrogen-bond donors (Lipinski definition) is 0. The lowest BCUT2D eigenvalue weighted by atomic mass is 9.72. The van der Waals surface area contributed by atoms with Crippen LogP contribution < -0.4 is 0 Å². The number of aliphatic imine (C=N–C) groups is 1. The first-order chi connectivity index (χ1) is 10.4.